The molecular weight excluding hydrogens is 260 g/mol. The Hall–Kier alpha value is -2.00. The summed E-state index contributed by atoms with van der Waals surface area (Å²) in [5, 5.41) is 3.54. The lowest BCUT2D eigenvalue weighted by Gasteiger charge is -2.21. The Labute approximate surface area is 125 Å². The van der Waals surface area contributed by atoms with E-state index in [2.05, 4.69) is 46.6 Å². The minimum Gasteiger partial charge on any atom is -0.492 e. The third-order valence-electron chi connectivity index (χ3n) is 4.36. The Kier molecular flexibility index (Phi) is 3.28. The fraction of sp³-hybridized carbons (Fsp3) is 0.333. The molecule has 0 spiro atoms. The van der Waals surface area contributed by atoms with Crippen molar-refractivity contribution >= 4 is 5.69 Å². The van der Waals surface area contributed by atoms with Crippen molar-refractivity contribution in [3.05, 3.63) is 59.2 Å². The number of ether oxygens (including phenoxy) is 1. The van der Waals surface area contributed by atoms with E-state index in [4.69, 9.17) is 4.74 Å². The molecule has 4 rings (SSSR count). The number of para-hydroxylation sites is 2. The van der Waals surface area contributed by atoms with Crippen LogP contribution in [0.3, 0.4) is 0 Å². The van der Waals surface area contributed by atoms with Gasteiger partial charge in [0.15, 0.2) is 0 Å². The molecule has 2 heterocycles. The van der Waals surface area contributed by atoms with Gasteiger partial charge in [-0.1, -0.05) is 36.4 Å². The van der Waals surface area contributed by atoms with Crippen LogP contribution in [0.2, 0.25) is 0 Å². The van der Waals surface area contributed by atoms with E-state index in [1.807, 2.05) is 6.07 Å². The van der Waals surface area contributed by atoms with Gasteiger partial charge in [-0.15, -0.1) is 0 Å². The van der Waals surface area contributed by atoms with E-state index in [1.165, 1.54) is 22.4 Å². The standard InChI is InChI=1S/C18H20N2O/c1-2-7-17-15(4-1)12-20(10-11-21-17)13-16-6-3-5-14-8-9-19-18(14)16/h1-7,19H,8-13H2. The van der Waals surface area contributed by atoms with Crippen LogP contribution >= 0.6 is 0 Å². The smallest absolute Gasteiger partial charge is 0.123 e. The van der Waals surface area contributed by atoms with Crippen molar-refractivity contribution in [2.45, 2.75) is 19.5 Å². The molecule has 0 bridgehead atoms. The molecule has 0 aliphatic carbocycles. The van der Waals surface area contributed by atoms with Crippen LogP contribution in [0.5, 0.6) is 5.75 Å². The highest BCUT2D eigenvalue weighted by atomic mass is 16.5. The van der Waals surface area contributed by atoms with E-state index >= 15 is 0 Å². The molecule has 3 nitrogen and oxygen atoms in total. The molecule has 0 amide bonds. The van der Waals surface area contributed by atoms with Crippen LogP contribution in [-0.2, 0) is 19.5 Å². The first-order chi connectivity index (χ1) is 10.4. The van der Waals surface area contributed by atoms with Crippen LogP contribution < -0.4 is 10.1 Å². The van der Waals surface area contributed by atoms with E-state index in [9.17, 15) is 0 Å². The number of fused-ring (bicyclic) bond motifs is 2. The van der Waals surface area contributed by atoms with E-state index in [0.717, 1.165) is 45.0 Å². The summed E-state index contributed by atoms with van der Waals surface area (Å²) in [6, 6.07) is 15.0. The van der Waals surface area contributed by atoms with E-state index < -0.39 is 0 Å². The third-order valence-corrected chi connectivity index (χ3v) is 4.36. The molecule has 2 aromatic rings. The molecule has 0 saturated carbocycles. The van der Waals surface area contributed by atoms with Crippen molar-refractivity contribution in [1.82, 2.24) is 4.90 Å². The normalized spacial score (nSPS) is 17.3. The molecule has 2 aromatic carbocycles. The van der Waals surface area contributed by atoms with Crippen LogP contribution in [0.25, 0.3) is 0 Å². The average Bonchev–Trinajstić information content (AvgIpc) is 2.89. The second-order valence-electron chi connectivity index (χ2n) is 5.79. The monoisotopic (exact) mass is 280 g/mol. The topological polar surface area (TPSA) is 24.5 Å². The lowest BCUT2D eigenvalue weighted by Crippen LogP contribution is -2.25. The van der Waals surface area contributed by atoms with Gasteiger partial charge in [-0.2, -0.15) is 0 Å². The van der Waals surface area contributed by atoms with Crippen LogP contribution in [-0.4, -0.2) is 24.6 Å². The van der Waals surface area contributed by atoms with Gasteiger partial charge in [0.2, 0.25) is 0 Å². The zero-order valence-electron chi connectivity index (χ0n) is 12.1. The Morgan fingerprint density at radius 1 is 1.05 bits per heavy atom. The van der Waals surface area contributed by atoms with Crippen LogP contribution in [0.4, 0.5) is 5.69 Å². The molecule has 2 aliphatic rings. The molecule has 0 atom stereocenters. The number of hydrogen-bond acceptors (Lipinski definition) is 3. The molecule has 0 aromatic heterocycles. The molecule has 2 aliphatic heterocycles. The first kappa shape index (κ1) is 12.7. The lowest BCUT2D eigenvalue weighted by atomic mass is 10.1. The number of hydrogen-bond donors (Lipinski definition) is 1. The largest absolute Gasteiger partial charge is 0.492 e. The molecule has 0 saturated heterocycles. The van der Waals surface area contributed by atoms with E-state index in [1.54, 1.807) is 0 Å². The molecular formula is C18H20N2O. The Balaban J connectivity index is 1.57. The minimum absolute atomic E-state index is 0.763. The third kappa shape index (κ3) is 2.49. The molecule has 1 N–H and O–H groups in total. The van der Waals surface area contributed by atoms with Crippen molar-refractivity contribution in [2.75, 3.05) is 25.0 Å². The fourth-order valence-electron chi connectivity index (χ4n) is 3.30. The van der Waals surface area contributed by atoms with Gasteiger partial charge < -0.3 is 10.1 Å². The molecule has 108 valence electrons. The van der Waals surface area contributed by atoms with Crippen molar-refractivity contribution in [1.29, 1.82) is 0 Å². The molecule has 21 heavy (non-hydrogen) atoms. The summed E-state index contributed by atoms with van der Waals surface area (Å²) in [6.07, 6.45) is 1.15. The summed E-state index contributed by atoms with van der Waals surface area (Å²) in [4.78, 5) is 2.47. The Morgan fingerprint density at radius 3 is 2.95 bits per heavy atom. The number of benzene rings is 2. The summed E-state index contributed by atoms with van der Waals surface area (Å²) in [5.74, 6) is 1.04. The van der Waals surface area contributed by atoms with Crippen molar-refractivity contribution in [3.8, 4) is 5.75 Å². The average molecular weight is 280 g/mol. The highest BCUT2D eigenvalue weighted by Gasteiger charge is 2.18. The fourth-order valence-corrected chi connectivity index (χ4v) is 3.30. The van der Waals surface area contributed by atoms with Crippen molar-refractivity contribution in [2.24, 2.45) is 0 Å². The minimum atomic E-state index is 0.763. The number of anilines is 1. The molecule has 0 unspecified atom stereocenters. The van der Waals surface area contributed by atoms with Gasteiger partial charge in [-0.3, -0.25) is 4.90 Å². The Morgan fingerprint density at radius 2 is 1.95 bits per heavy atom. The SMILES string of the molecule is c1ccc2c(c1)CN(Cc1cccc3c1NCC3)CCO2. The van der Waals surface area contributed by atoms with Gasteiger partial charge >= 0.3 is 0 Å². The van der Waals surface area contributed by atoms with Gasteiger partial charge in [0.25, 0.3) is 0 Å². The van der Waals surface area contributed by atoms with Gasteiger partial charge in [-0.25, -0.2) is 0 Å². The molecule has 0 radical (unpaired) electrons. The highest BCUT2D eigenvalue weighted by Crippen LogP contribution is 2.29. The van der Waals surface area contributed by atoms with E-state index in [-0.39, 0.29) is 0 Å². The first-order valence-electron chi connectivity index (χ1n) is 7.68. The van der Waals surface area contributed by atoms with Gasteiger partial charge in [0.1, 0.15) is 12.4 Å². The van der Waals surface area contributed by atoms with Gasteiger partial charge in [0.05, 0.1) is 0 Å². The maximum absolute atomic E-state index is 5.85. The van der Waals surface area contributed by atoms with Crippen LogP contribution in [0.1, 0.15) is 16.7 Å². The predicted octanol–water partition coefficient (Wildman–Crippen LogP) is 3.05. The van der Waals surface area contributed by atoms with Crippen molar-refractivity contribution < 1.29 is 4.74 Å². The highest BCUT2D eigenvalue weighted by molar-refractivity contribution is 5.61. The maximum atomic E-state index is 5.85. The zero-order chi connectivity index (χ0) is 14.1. The number of nitrogens with one attached hydrogen (secondary N) is 1. The maximum Gasteiger partial charge on any atom is 0.123 e. The summed E-state index contributed by atoms with van der Waals surface area (Å²) >= 11 is 0. The summed E-state index contributed by atoms with van der Waals surface area (Å²) in [7, 11) is 0. The van der Waals surface area contributed by atoms with Crippen LogP contribution in [0, 0.1) is 0 Å². The summed E-state index contributed by atoms with van der Waals surface area (Å²) < 4.78 is 5.85. The predicted molar refractivity (Wildman–Crippen MR) is 84.7 cm³/mol. The molecule has 0 fully saturated rings. The second-order valence-corrected chi connectivity index (χ2v) is 5.79. The summed E-state index contributed by atoms with van der Waals surface area (Å²) in [5.41, 5.74) is 5.51. The van der Waals surface area contributed by atoms with Gasteiger partial charge in [0, 0.05) is 37.4 Å². The van der Waals surface area contributed by atoms with Crippen LogP contribution in [0.15, 0.2) is 42.5 Å². The molecule has 3 heteroatoms. The summed E-state index contributed by atoms with van der Waals surface area (Å²) in [6.45, 7) is 4.74. The number of nitrogens with zero attached hydrogens (tertiary/aromatic N) is 1. The lowest BCUT2D eigenvalue weighted by molar-refractivity contribution is 0.220. The Bertz CT molecular complexity index is 653. The first-order valence-corrected chi connectivity index (χ1v) is 7.68. The van der Waals surface area contributed by atoms with Gasteiger partial charge in [-0.05, 0) is 23.6 Å². The quantitative estimate of drug-likeness (QED) is 0.915. The van der Waals surface area contributed by atoms with Crippen molar-refractivity contribution in [3.63, 3.8) is 0 Å². The zero-order valence-corrected chi connectivity index (χ0v) is 12.1. The second kappa shape index (κ2) is 5.41. The van der Waals surface area contributed by atoms with E-state index in [0.29, 0.717) is 0 Å². The number of rotatable bonds is 2.